The highest BCUT2D eigenvalue weighted by Crippen LogP contribution is 2.30. The summed E-state index contributed by atoms with van der Waals surface area (Å²) < 4.78 is 41.2. The average Bonchev–Trinajstić information content (AvgIpc) is 2.86. The van der Waals surface area contributed by atoms with E-state index in [1.54, 1.807) is 13.0 Å². The Morgan fingerprint density at radius 2 is 1.94 bits per heavy atom. The Labute approximate surface area is 210 Å². The molecule has 186 valence electrons. The molecule has 3 aromatic rings. The van der Waals surface area contributed by atoms with Gasteiger partial charge in [0.1, 0.15) is 5.56 Å². The van der Waals surface area contributed by atoms with Crippen LogP contribution in [0.4, 0.5) is 13.2 Å². The van der Waals surface area contributed by atoms with Crippen molar-refractivity contribution in [2.75, 3.05) is 13.3 Å². The van der Waals surface area contributed by atoms with E-state index in [1.165, 1.54) is 49.3 Å². The van der Waals surface area contributed by atoms with Crippen LogP contribution in [0.15, 0.2) is 69.4 Å². The van der Waals surface area contributed by atoms with E-state index >= 15 is 0 Å². The molecule has 3 N–H and O–H groups in total. The number of benzene rings is 1. The SMILES string of the molecule is CN=C(C=CN)c1cc(C(=O)NCc2c#cc(SC)cc2)c(=O)n(-c2cccc(C(F)(F)F)c2)c1C. The first-order valence-corrected chi connectivity index (χ1v) is 11.9. The van der Waals surface area contributed by atoms with E-state index in [0.29, 0.717) is 22.5 Å². The van der Waals surface area contributed by atoms with Crippen molar-refractivity contribution in [1.29, 1.82) is 0 Å². The number of carbonyl (C=O) groups excluding carboxylic acids is 1. The quantitative estimate of drug-likeness (QED) is 0.365. The van der Waals surface area contributed by atoms with Gasteiger partial charge in [-0.1, -0.05) is 18.2 Å². The third-order valence-electron chi connectivity index (χ3n) is 5.34. The molecule has 0 atom stereocenters. The van der Waals surface area contributed by atoms with Gasteiger partial charge < -0.3 is 11.1 Å². The summed E-state index contributed by atoms with van der Waals surface area (Å²) >= 11 is 1.50. The van der Waals surface area contributed by atoms with Crippen LogP contribution >= 0.6 is 11.8 Å². The molecule has 1 heterocycles. The number of aromatic nitrogens is 1. The minimum atomic E-state index is -4.61. The van der Waals surface area contributed by atoms with E-state index in [1.807, 2.05) is 12.3 Å². The highest BCUT2D eigenvalue weighted by atomic mass is 32.2. The lowest BCUT2D eigenvalue weighted by atomic mass is 10.0. The molecule has 0 saturated carbocycles. The van der Waals surface area contributed by atoms with Gasteiger partial charge in [-0.3, -0.25) is 19.1 Å². The number of carbonyl (C=O) groups is 1. The molecule has 0 aliphatic carbocycles. The maximum absolute atomic E-state index is 13.4. The maximum Gasteiger partial charge on any atom is 0.416 e. The molecule has 1 amide bonds. The lowest BCUT2D eigenvalue weighted by Crippen LogP contribution is -2.34. The molecule has 6 nitrogen and oxygen atoms in total. The lowest BCUT2D eigenvalue weighted by molar-refractivity contribution is -0.137. The van der Waals surface area contributed by atoms with Crippen molar-refractivity contribution in [3.8, 4) is 5.69 Å². The van der Waals surface area contributed by atoms with Crippen molar-refractivity contribution in [2.24, 2.45) is 10.7 Å². The van der Waals surface area contributed by atoms with Crippen LogP contribution in [0.1, 0.15) is 32.7 Å². The largest absolute Gasteiger partial charge is 0.416 e. The van der Waals surface area contributed by atoms with Crippen molar-refractivity contribution in [2.45, 2.75) is 24.5 Å². The number of halogens is 3. The molecule has 0 unspecified atom stereocenters. The van der Waals surface area contributed by atoms with Crippen LogP contribution in [-0.4, -0.2) is 29.5 Å². The number of aliphatic imine (C=N–C) groups is 1. The number of hydrogen-bond acceptors (Lipinski definition) is 5. The van der Waals surface area contributed by atoms with Gasteiger partial charge in [0.05, 0.1) is 22.7 Å². The molecule has 2 aromatic carbocycles. The van der Waals surface area contributed by atoms with Crippen molar-refractivity contribution in [3.63, 3.8) is 0 Å². The van der Waals surface area contributed by atoms with Crippen LogP contribution < -0.4 is 16.6 Å². The van der Waals surface area contributed by atoms with Gasteiger partial charge in [0.25, 0.3) is 11.5 Å². The lowest BCUT2D eigenvalue weighted by Gasteiger charge is -2.18. The number of rotatable bonds is 7. The average molecular weight is 513 g/mol. The third kappa shape index (κ3) is 5.80. The summed E-state index contributed by atoms with van der Waals surface area (Å²) in [6, 6.07) is 15.2. The molecule has 0 aliphatic heterocycles. The van der Waals surface area contributed by atoms with Crippen molar-refractivity contribution in [3.05, 3.63) is 105 Å². The second kappa shape index (κ2) is 11.2. The van der Waals surface area contributed by atoms with E-state index < -0.39 is 23.2 Å². The number of allylic oxidation sites excluding steroid dienone is 1. The van der Waals surface area contributed by atoms with Crippen LogP contribution in [0.5, 0.6) is 0 Å². The molecular formula is C26H23F3N4O2S. The first-order valence-electron chi connectivity index (χ1n) is 10.7. The molecule has 1 aromatic heterocycles. The predicted octanol–water partition coefficient (Wildman–Crippen LogP) is 4.31. The summed E-state index contributed by atoms with van der Waals surface area (Å²) in [6.45, 7) is 1.64. The Balaban J connectivity index is 2.13. The smallest absolute Gasteiger partial charge is 0.405 e. The van der Waals surface area contributed by atoms with Crippen LogP contribution in [-0.2, 0) is 12.7 Å². The minimum absolute atomic E-state index is 0.0361. The summed E-state index contributed by atoms with van der Waals surface area (Å²) in [4.78, 5) is 31.6. The van der Waals surface area contributed by atoms with Gasteiger partial charge in [0, 0.05) is 29.6 Å². The summed E-state index contributed by atoms with van der Waals surface area (Å²) in [5, 5.41) is 2.67. The first kappa shape index (κ1) is 26.6. The Kier molecular flexibility index (Phi) is 8.27. The van der Waals surface area contributed by atoms with E-state index in [4.69, 9.17) is 5.73 Å². The molecule has 0 spiro atoms. The first-order chi connectivity index (χ1) is 17.1. The predicted molar refractivity (Wildman–Crippen MR) is 135 cm³/mol. The molecular weight excluding hydrogens is 489 g/mol. The Hall–Kier alpha value is -3.97. The van der Waals surface area contributed by atoms with Gasteiger partial charge in [-0.25, -0.2) is 0 Å². The Bertz CT molecular complexity index is 1380. The number of nitrogens with one attached hydrogen (secondary N) is 1. The van der Waals surface area contributed by atoms with Crippen molar-refractivity contribution < 1.29 is 18.0 Å². The number of alkyl halides is 3. The number of nitrogens with zero attached hydrogens (tertiary/aromatic N) is 2. The van der Waals surface area contributed by atoms with Crippen molar-refractivity contribution in [1.82, 2.24) is 9.88 Å². The van der Waals surface area contributed by atoms with E-state index in [9.17, 15) is 22.8 Å². The fraction of sp³-hybridized carbons (Fsp3) is 0.192. The van der Waals surface area contributed by atoms with Gasteiger partial charge in [0.2, 0.25) is 0 Å². The molecule has 10 heteroatoms. The Morgan fingerprint density at radius 3 is 2.53 bits per heavy atom. The molecule has 3 rings (SSSR count). The molecule has 0 aliphatic rings. The van der Waals surface area contributed by atoms with Gasteiger partial charge in [-0.05, 0) is 61.9 Å². The van der Waals surface area contributed by atoms with Crippen LogP contribution in [0.2, 0.25) is 0 Å². The monoisotopic (exact) mass is 512 g/mol. The Morgan fingerprint density at radius 1 is 1.19 bits per heavy atom. The van der Waals surface area contributed by atoms with Crippen LogP contribution in [0.3, 0.4) is 0 Å². The molecule has 36 heavy (non-hydrogen) atoms. The van der Waals surface area contributed by atoms with Gasteiger partial charge in [0.15, 0.2) is 0 Å². The normalized spacial score (nSPS) is 12.0. The fourth-order valence-corrected chi connectivity index (χ4v) is 3.89. The molecule has 0 fully saturated rings. The summed E-state index contributed by atoms with van der Waals surface area (Å²) in [6.07, 6.45) is 0.0111. The summed E-state index contributed by atoms with van der Waals surface area (Å²) in [7, 11) is 1.50. The number of pyridine rings is 1. The van der Waals surface area contributed by atoms with Crippen molar-refractivity contribution >= 4 is 23.4 Å². The summed E-state index contributed by atoms with van der Waals surface area (Å²) in [5.74, 6) is -0.698. The maximum atomic E-state index is 13.4. The molecule has 0 saturated heterocycles. The molecule has 0 bridgehead atoms. The highest BCUT2D eigenvalue weighted by Gasteiger charge is 2.31. The zero-order chi connectivity index (χ0) is 26.5. The third-order valence-corrected chi connectivity index (χ3v) is 6.01. The fourth-order valence-electron chi connectivity index (χ4n) is 3.53. The zero-order valence-corrected chi connectivity index (χ0v) is 20.6. The second-order valence-electron chi connectivity index (χ2n) is 7.57. The number of nitrogens with two attached hydrogens (primary N) is 1. The number of thioether (sulfide) groups is 1. The summed E-state index contributed by atoms with van der Waals surface area (Å²) in [5.41, 5.74) is 5.20. The highest BCUT2D eigenvalue weighted by molar-refractivity contribution is 7.98. The second-order valence-corrected chi connectivity index (χ2v) is 8.42. The van der Waals surface area contributed by atoms with E-state index in [2.05, 4.69) is 22.4 Å². The van der Waals surface area contributed by atoms with Gasteiger partial charge in [-0.2, -0.15) is 13.2 Å². The number of amides is 1. The minimum Gasteiger partial charge on any atom is -0.405 e. The van der Waals surface area contributed by atoms with Gasteiger partial charge >= 0.3 is 6.18 Å². The standard InChI is InChI=1S/C26H23F3N4O2S/c1-16-21(23(31-2)11-12-30)14-22(24(34)32-15-17-7-9-20(36-3)10-8-17)25(35)33(16)19-6-4-5-18(13-19)26(27,28)29/h4-7,9,11-14H,15,30H2,1-3H3,(H,32,34). The topological polar surface area (TPSA) is 89.5 Å². The molecule has 0 radical (unpaired) electrons. The van der Waals surface area contributed by atoms with E-state index in [0.717, 1.165) is 21.6 Å². The number of hydrogen-bond donors (Lipinski definition) is 2. The van der Waals surface area contributed by atoms with Crippen LogP contribution in [0, 0.1) is 19.1 Å². The van der Waals surface area contributed by atoms with Crippen LogP contribution in [0.25, 0.3) is 5.69 Å². The zero-order valence-electron chi connectivity index (χ0n) is 19.7. The van der Waals surface area contributed by atoms with E-state index in [-0.39, 0.29) is 17.8 Å². The van der Waals surface area contributed by atoms with Gasteiger partial charge in [-0.15, -0.1) is 11.8 Å².